The number of unbranched alkanes of at least 4 members (excludes halogenated alkanes) is 2. The van der Waals surface area contributed by atoms with E-state index in [1.165, 1.54) is 0 Å². The maximum absolute atomic E-state index is 11.2. The summed E-state index contributed by atoms with van der Waals surface area (Å²) in [7, 11) is 0. The quantitative estimate of drug-likeness (QED) is 0.525. The van der Waals surface area contributed by atoms with Gasteiger partial charge in [-0.3, -0.25) is 4.94 Å². The van der Waals surface area contributed by atoms with Crippen molar-refractivity contribution in [1.29, 1.82) is 0 Å². The van der Waals surface area contributed by atoms with Crippen LogP contribution in [0, 0.1) is 5.41 Å². The molecule has 3 radical (unpaired) electrons. The molecule has 0 aliphatic carbocycles. The average molecular weight is 399 g/mol. The van der Waals surface area contributed by atoms with Gasteiger partial charge in [0.25, 0.3) is 0 Å². The van der Waals surface area contributed by atoms with E-state index in [0.29, 0.717) is 5.41 Å². The van der Waals surface area contributed by atoms with E-state index in [-0.39, 0.29) is 32.6 Å². The average Bonchev–Trinajstić information content (AvgIpc) is 2.01. The Kier molecular flexibility index (Phi) is 10.2. The molecule has 2 nitrogen and oxygen atoms in total. The van der Waals surface area contributed by atoms with Crippen molar-refractivity contribution in [3.05, 3.63) is 0 Å². The molecule has 0 aromatic rings. The molecule has 0 N–H and O–H groups in total. The summed E-state index contributed by atoms with van der Waals surface area (Å²) in [6.07, 6.45) is 4.10. The van der Waals surface area contributed by atoms with E-state index >= 15 is 0 Å². The molecule has 0 saturated carbocycles. The first kappa shape index (κ1) is 16.7. The second-order valence-corrected chi connectivity index (χ2v) is 4.57. The largest absolute Gasteiger partial charge is 0.348 e. The van der Waals surface area contributed by atoms with Gasteiger partial charge in [0.15, 0.2) is 0 Å². The van der Waals surface area contributed by atoms with Crippen molar-refractivity contribution in [3.63, 3.8) is 0 Å². The van der Waals surface area contributed by atoms with Gasteiger partial charge in [-0.2, -0.15) is 0 Å². The molecule has 83 valence electrons. The Balaban J connectivity index is 0. The molecule has 0 aliphatic heterocycles. The molecule has 0 aromatic carbocycles. The molecular weight excluding hydrogens is 380 g/mol. The molecule has 0 saturated heterocycles. The van der Waals surface area contributed by atoms with E-state index in [0.717, 1.165) is 25.7 Å². The van der Waals surface area contributed by atoms with E-state index in [4.69, 9.17) is 0 Å². The number of halogens is 1. The van der Waals surface area contributed by atoms with Gasteiger partial charge in [-0.05, 0) is 18.3 Å². The molecule has 0 fully saturated rings. The molecule has 0 aromatic heterocycles. The summed E-state index contributed by atoms with van der Waals surface area (Å²) < 4.78 is 11.2. The summed E-state index contributed by atoms with van der Waals surface area (Å²) in [6, 6.07) is 0. The van der Waals surface area contributed by atoms with Crippen LogP contribution in [0.3, 0.4) is 0 Å². The van der Waals surface area contributed by atoms with Gasteiger partial charge in [0, 0.05) is 37.2 Å². The van der Waals surface area contributed by atoms with E-state index < -0.39 is 5.97 Å². The molecule has 0 atom stereocenters. The number of hydrogen-bond acceptors (Lipinski definition) is 2. The smallest absolute Gasteiger partial charge is 0.255 e. The van der Waals surface area contributed by atoms with Crippen LogP contribution in [-0.2, 0) is 9.74 Å². The Bertz CT molecular complexity index is 155. The van der Waals surface area contributed by atoms with Crippen molar-refractivity contribution in [2.45, 2.75) is 52.9 Å². The Morgan fingerprint density at radius 1 is 1.21 bits per heavy atom. The summed E-state index contributed by atoms with van der Waals surface area (Å²) in [5, 5.41) is 0. The van der Waals surface area contributed by atoms with Crippen LogP contribution in [0.4, 0.5) is 4.53 Å². The van der Waals surface area contributed by atoms with Gasteiger partial charge in [-0.25, -0.2) is 4.79 Å². The van der Waals surface area contributed by atoms with Gasteiger partial charge in [0.05, 0.1) is 0 Å². The molecule has 14 heavy (non-hydrogen) atoms. The SMILES string of the molecule is CC(C)(C)CCCCCC(=O)OF.[Bi]. The van der Waals surface area contributed by atoms with E-state index in [2.05, 4.69) is 25.7 Å². The minimum atomic E-state index is -0.754. The first-order valence-electron chi connectivity index (χ1n) is 4.77. The van der Waals surface area contributed by atoms with Gasteiger partial charge in [-0.15, -0.1) is 0 Å². The summed E-state index contributed by atoms with van der Waals surface area (Å²) in [4.78, 5) is 13.4. The second-order valence-electron chi connectivity index (χ2n) is 4.57. The zero-order valence-electron chi connectivity index (χ0n) is 9.18. The van der Waals surface area contributed by atoms with Crippen molar-refractivity contribution in [2.75, 3.05) is 0 Å². The van der Waals surface area contributed by atoms with Crippen LogP contribution in [0.1, 0.15) is 52.9 Å². The van der Waals surface area contributed by atoms with Crippen LogP contribution in [0.2, 0.25) is 0 Å². The van der Waals surface area contributed by atoms with Gasteiger partial charge < -0.3 is 0 Å². The summed E-state index contributed by atoms with van der Waals surface area (Å²) in [5.41, 5.74) is 0.348. The van der Waals surface area contributed by atoms with Crippen molar-refractivity contribution in [2.24, 2.45) is 5.41 Å². The standard InChI is InChI=1S/C10H19FO2.Bi/c1-10(2,3)8-6-4-5-7-9(12)13-11;/h4-8H2,1-3H3;. The number of carbonyl (C=O) groups is 1. The van der Waals surface area contributed by atoms with Crippen molar-refractivity contribution in [3.8, 4) is 0 Å². The fraction of sp³-hybridized carbons (Fsp3) is 0.900. The first-order chi connectivity index (χ1) is 5.95. The molecule has 0 aliphatic rings. The van der Waals surface area contributed by atoms with Gasteiger partial charge in [0.2, 0.25) is 0 Å². The Hall–Kier alpha value is 0.283. The van der Waals surface area contributed by atoms with Crippen LogP contribution < -0.4 is 0 Å². The van der Waals surface area contributed by atoms with Gasteiger partial charge >= 0.3 is 5.97 Å². The fourth-order valence-electron chi connectivity index (χ4n) is 1.14. The van der Waals surface area contributed by atoms with Crippen LogP contribution in [0.15, 0.2) is 0 Å². The summed E-state index contributed by atoms with van der Waals surface area (Å²) >= 11 is 0. The Morgan fingerprint density at radius 2 is 1.79 bits per heavy atom. The monoisotopic (exact) mass is 399 g/mol. The zero-order chi connectivity index (χ0) is 10.3. The van der Waals surface area contributed by atoms with Crippen molar-refractivity contribution in [1.82, 2.24) is 0 Å². The fourth-order valence-corrected chi connectivity index (χ4v) is 1.14. The molecule has 0 unspecified atom stereocenters. The third kappa shape index (κ3) is 12.3. The summed E-state index contributed by atoms with van der Waals surface area (Å²) in [5.74, 6) is -0.754. The maximum Gasteiger partial charge on any atom is 0.348 e. The molecule has 0 rings (SSSR count). The van der Waals surface area contributed by atoms with Gasteiger partial charge in [-0.1, -0.05) is 33.6 Å². The van der Waals surface area contributed by atoms with Crippen LogP contribution in [0.25, 0.3) is 0 Å². The second kappa shape index (κ2) is 8.58. The maximum atomic E-state index is 11.2. The van der Waals surface area contributed by atoms with E-state index in [9.17, 15) is 9.32 Å². The number of rotatable bonds is 5. The molecule has 0 heterocycles. The molecule has 0 bridgehead atoms. The van der Waals surface area contributed by atoms with Gasteiger partial charge in [0.1, 0.15) is 0 Å². The molecular formula is C10H19BiFO2. The predicted octanol–water partition coefficient (Wildman–Crippen LogP) is 3.03. The Labute approximate surface area is 105 Å². The molecule has 0 amide bonds. The minimum absolute atomic E-state index is 0. The Morgan fingerprint density at radius 3 is 2.21 bits per heavy atom. The van der Waals surface area contributed by atoms with E-state index in [1.54, 1.807) is 0 Å². The van der Waals surface area contributed by atoms with Crippen LogP contribution >= 0.6 is 0 Å². The number of carbonyl (C=O) groups excluding carboxylic acids is 1. The normalized spacial score (nSPS) is 10.6. The predicted molar refractivity (Wildman–Crippen MR) is 55.5 cm³/mol. The zero-order valence-corrected chi connectivity index (χ0v) is 12.7. The topological polar surface area (TPSA) is 26.3 Å². The third-order valence-electron chi connectivity index (χ3n) is 1.89. The van der Waals surface area contributed by atoms with E-state index in [1.807, 2.05) is 0 Å². The van der Waals surface area contributed by atoms with Crippen LogP contribution in [-0.4, -0.2) is 32.2 Å². The molecule has 4 heteroatoms. The minimum Gasteiger partial charge on any atom is -0.255 e. The number of hydrogen-bond donors (Lipinski definition) is 0. The van der Waals surface area contributed by atoms with Crippen molar-refractivity contribution >= 4 is 32.2 Å². The molecule has 0 spiro atoms. The third-order valence-corrected chi connectivity index (χ3v) is 1.89. The first-order valence-corrected chi connectivity index (χ1v) is 4.77. The van der Waals surface area contributed by atoms with Crippen molar-refractivity contribution < 1.29 is 14.3 Å². The summed E-state index contributed by atoms with van der Waals surface area (Å²) in [6.45, 7) is 6.55. The van der Waals surface area contributed by atoms with Crippen LogP contribution in [0.5, 0.6) is 0 Å².